The zero-order chi connectivity index (χ0) is 29.1. The molecule has 3 heterocycles. The number of carbonyl (C=O) groups is 2. The lowest BCUT2D eigenvalue weighted by Gasteiger charge is -2.38. The summed E-state index contributed by atoms with van der Waals surface area (Å²) in [5.41, 5.74) is 4.94. The summed E-state index contributed by atoms with van der Waals surface area (Å²) in [6, 6.07) is 24.1. The van der Waals surface area contributed by atoms with Gasteiger partial charge >= 0.3 is 5.97 Å². The Hall–Kier alpha value is -4.89. The molecule has 0 aliphatic carbocycles. The number of carboxylic acids is 1. The van der Waals surface area contributed by atoms with Crippen molar-refractivity contribution < 1.29 is 24.2 Å². The van der Waals surface area contributed by atoms with E-state index in [-0.39, 0.29) is 18.7 Å². The number of ether oxygens (including phenoxy) is 2. The molecule has 9 nitrogen and oxygen atoms in total. The molecule has 1 N–H and O–H groups in total. The Labute approximate surface area is 243 Å². The number of aromatic carboxylic acids is 1. The monoisotopic (exact) mass is 564 g/mol. The molecule has 2 aromatic heterocycles. The number of para-hydroxylation sites is 1. The van der Waals surface area contributed by atoms with Gasteiger partial charge in [-0.25, -0.2) is 9.78 Å². The van der Waals surface area contributed by atoms with E-state index in [1.807, 2.05) is 60.7 Å². The number of aldehydes is 1. The number of carbonyl (C=O) groups excluding carboxylic acids is 1. The van der Waals surface area contributed by atoms with Crippen molar-refractivity contribution in [3.63, 3.8) is 0 Å². The number of piperazine rings is 1. The molecule has 1 aliphatic heterocycles. The summed E-state index contributed by atoms with van der Waals surface area (Å²) in [6.45, 7) is 3.47. The summed E-state index contributed by atoms with van der Waals surface area (Å²) >= 11 is 0. The summed E-state index contributed by atoms with van der Waals surface area (Å²) in [5, 5.41) is 13.8. The van der Waals surface area contributed by atoms with Gasteiger partial charge in [0, 0.05) is 48.8 Å². The molecule has 1 aliphatic rings. The van der Waals surface area contributed by atoms with E-state index in [9.17, 15) is 14.7 Å². The summed E-state index contributed by atoms with van der Waals surface area (Å²) in [7, 11) is 1.54. The third-order valence-electron chi connectivity index (χ3n) is 7.76. The lowest BCUT2D eigenvalue weighted by molar-refractivity contribution is -0.107. The third kappa shape index (κ3) is 5.03. The first-order chi connectivity index (χ1) is 20.6. The van der Waals surface area contributed by atoms with Gasteiger partial charge in [-0.15, -0.1) is 0 Å². The number of pyridine rings is 1. The fraction of sp³-hybridized carbons (Fsp3) is 0.242. The van der Waals surface area contributed by atoms with Gasteiger partial charge in [0.15, 0.2) is 5.69 Å². The van der Waals surface area contributed by atoms with E-state index >= 15 is 0 Å². The molecule has 214 valence electrons. The molecule has 1 saturated heterocycles. The average molecular weight is 565 g/mol. The van der Waals surface area contributed by atoms with Crippen molar-refractivity contribution in [1.82, 2.24) is 9.66 Å². The van der Waals surface area contributed by atoms with Crippen molar-refractivity contribution in [3.8, 4) is 5.75 Å². The van der Waals surface area contributed by atoms with E-state index in [0.29, 0.717) is 23.3 Å². The Morgan fingerprint density at radius 1 is 0.905 bits per heavy atom. The minimum absolute atomic E-state index is 0.0584. The van der Waals surface area contributed by atoms with Crippen LogP contribution in [0.15, 0.2) is 79.0 Å². The van der Waals surface area contributed by atoms with Crippen LogP contribution in [0.1, 0.15) is 27.2 Å². The smallest absolute Gasteiger partial charge is 0.354 e. The number of aromatic nitrogens is 2. The van der Waals surface area contributed by atoms with E-state index in [0.717, 1.165) is 60.0 Å². The van der Waals surface area contributed by atoms with Crippen LogP contribution in [0.4, 0.5) is 5.69 Å². The lowest BCUT2D eigenvalue weighted by atomic mass is 10.0. The van der Waals surface area contributed by atoms with Crippen LogP contribution in [-0.2, 0) is 29.2 Å². The van der Waals surface area contributed by atoms with Gasteiger partial charge in [-0.2, -0.15) is 0 Å². The molecule has 0 amide bonds. The van der Waals surface area contributed by atoms with Gasteiger partial charge in [-0.1, -0.05) is 54.6 Å². The molecule has 6 rings (SSSR count). The minimum atomic E-state index is -1.13. The maximum Gasteiger partial charge on any atom is 0.354 e. The van der Waals surface area contributed by atoms with Crippen molar-refractivity contribution in [2.45, 2.75) is 19.6 Å². The molecule has 0 saturated carbocycles. The van der Waals surface area contributed by atoms with Crippen molar-refractivity contribution in [1.29, 1.82) is 0 Å². The Bertz CT molecular complexity index is 1730. The zero-order valence-electron chi connectivity index (χ0n) is 23.4. The quantitative estimate of drug-likeness (QED) is 0.242. The highest BCUT2D eigenvalue weighted by atomic mass is 16.5. The third-order valence-corrected chi connectivity index (χ3v) is 7.76. The Balaban J connectivity index is 1.54. The Morgan fingerprint density at radius 2 is 1.62 bits per heavy atom. The van der Waals surface area contributed by atoms with E-state index in [1.165, 1.54) is 12.8 Å². The molecule has 42 heavy (non-hydrogen) atoms. The van der Waals surface area contributed by atoms with Crippen LogP contribution in [-0.4, -0.2) is 60.3 Å². The second kappa shape index (κ2) is 11.9. The van der Waals surface area contributed by atoms with Crippen molar-refractivity contribution in [2.75, 3.05) is 43.2 Å². The summed E-state index contributed by atoms with van der Waals surface area (Å²) in [6.07, 6.45) is 2.65. The van der Waals surface area contributed by atoms with Crippen LogP contribution in [0.25, 0.3) is 21.8 Å². The number of rotatable bonds is 10. The SMILES string of the molecule is COCc1c(C(=O)O)ncc2c1c1c(OCc3ccccc3)c(CC=O)ccc1n2N1CCN(c2ccccc2)CC1. The molecule has 0 bridgehead atoms. The first kappa shape index (κ1) is 27.3. The van der Waals surface area contributed by atoms with Crippen LogP contribution < -0.4 is 14.6 Å². The highest BCUT2D eigenvalue weighted by Crippen LogP contribution is 2.41. The van der Waals surface area contributed by atoms with Crippen LogP contribution in [0.5, 0.6) is 5.75 Å². The lowest BCUT2D eigenvalue weighted by Crippen LogP contribution is -2.51. The first-order valence-corrected chi connectivity index (χ1v) is 14.0. The molecular weight excluding hydrogens is 532 g/mol. The number of benzene rings is 3. The van der Waals surface area contributed by atoms with Crippen LogP contribution in [0.2, 0.25) is 0 Å². The number of nitrogens with zero attached hydrogens (tertiary/aromatic N) is 4. The number of fused-ring (bicyclic) bond motifs is 3. The van der Waals surface area contributed by atoms with Crippen molar-refractivity contribution in [2.24, 2.45) is 0 Å². The highest BCUT2D eigenvalue weighted by molar-refractivity contribution is 6.15. The molecule has 5 aromatic rings. The Morgan fingerprint density at radius 3 is 2.29 bits per heavy atom. The number of hydrogen-bond acceptors (Lipinski definition) is 7. The van der Waals surface area contributed by atoms with Gasteiger partial charge < -0.3 is 29.3 Å². The van der Waals surface area contributed by atoms with E-state index < -0.39 is 5.97 Å². The standard InChI is InChI=1S/C33H32N4O5/c1-41-22-26-29-28(20-34-31(26)33(39)40)37(36-17-15-35(16-18-36)25-10-6-3-7-11-25)27-13-12-24(14-19-38)32(30(27)29)42-21-23-8-4-2-5-9-23/h2-13,19-20H,14-18,21-22H2,1H3,(H,39,40). The van der Waals surface area contributed by atoms with Gasteiger partial charge in [0.2, 0.25) is 0 Å². The molecule has 0 spiro atoms. The van der Waals surface area contributed by atoms with Crippen LogP contribution >= 0.6 is 0 Å². The predicted molar refractivity (Wildman–Crippen MR) is 162 cm³/mol. The molecular formula is C33H32N4O5. The van der Waals surface area contributed by atoms with Gasteiger partial charge in [0.05, 0.1) is 42.3 Å². The minimum Gasteiger partial charge on any atom is -0.488 e. The van der Waals surface area contributed by atoms with Crippen molar-refractivity contribution >= 4 is 39.7 Å². The van der Waals surface area contributed by atoms with Gasteiger partial charge in [-0.3, -0.25) is 4.68 Å². The number of carboxylic acid groups (broad SMARTS) is 1. The largest absolute Gasteiger partial charge is 0.488 e. The topological polar surface area (TPSA) is 97.1 Å². The van der Waals surface area contributed by atoms with E-state index in [2.05, 4.69) is 31.7 Å². The second-order valence-electron chi connectivity index (χ2n) is 10.3. The summed E-state index contributed by atoms with van der Waals surface area (Å²) in [4.78, 5) is 30.8. The van der Waals surface area contributed by atoms with E-state index in [4.69, 9.17) is 9.47 Å². The van der Waals surface area contributed by atoms with Crippen LogP contribution in [0, 0.1) is 0 Å². The molecule has 0 radical (unpaired) electrons. The average Bonchev–Trinajstić information content (AvgIpc) is 3.36. The number of hydrogen-bond donors (Lipinski definition) is 1. The number of anilines is 1. The molecule has 9 heteroatoms. The van der Waals surface area contributed by atoms with Gasteiger partial charge in [0.1, 0.15) is 18.6 Å². The highest BCUT2D eigenvalue weighted by Gasteiger charge is 2.28. The molecule has 0 unspecified atom stereocenters. The van der Waals surface area contributed by atoms with Crippen molar-refractivity contribution in [3.05, 3.63) is 101 Å². The molecule has 1 fully saturated rings. The Kier molecular flexibility index (Phi) is 7.74. The molecule has 3 aromatic carbocycles. The van der Waals surface area contributed by atoms with Gasteiger partial charge in [0.25, 0.3) is 0 Å². The fourth-order valence-corrected chi connectivity index (χ4v) is 5.86. The number of methoxy groups -OCH3 is 1. The normalized spacial score (nSPS) is 13.5. The summed E-state index contributed by atoms with van der Waals surface area (Å²) in [5.74, 6) is -0.563. The maximum absolute atomic E-state index is 12.3. The first-order valence-electron chi connectivity index (χ1n) is 14.0. The molecule has 0 atom stereocenters. The second-order valence-corrected chi connectivity index (χ2v) is 10.3. The predicted octanol–water partition coefficient (Wildman–Crippen LogP) is 4.81. The van der Waals surface area contributed by atoms with Gasteiger partial charge in [-0.05, 0) is 23.8 Å². The fourth-order valence-electron chi connectivity index (χ4n) is 5.86. The summed E-state index contributed by atoms with van der Waals surface area (Å²) < 4.78 is 14.1. The maximum atomic E-state index is 12.3. The van der Waals surface area contributed by atoms with E-state index in [1.54, 1.807) is 6.20 Å². The van der Waals surface area contributed by atoms with Crippen LogP contribution in [0.3, 0.4) is 0 Å². The zero-order valence-corrected chi connectivity index (χ0v) is 23.4.